The van der Waals surface area contributed by atoms with Crippen LogP contribution in [0.4, 0.5) is 5.69 Å². The van der Waals surface area contributed by atoms with E-state index in [0.29, 0.717) is 5.75 Å². The molecule has 168 valence electrons. The minimum Gasteiger partial charge on any atom is -0.497 e. The molecule has 0 heterocycles. The zero-order valence-corrected chi connectivity index (χ0v) is 19.1. The number of nitrogens with zero attached hydrogens (tertiary/aromatic N) is 1. The van der Waals surface area contributed by atoms with Crippen molar-refractivity contribution in [3.05, 3.63) is 83.9 Å². The van der Waals surface area contributed by atoms with Crippen LogP contribution in [0, 0.1) is 6.92 Å². The number of hydrogen-bond acceptors (Lipinski definition) is 5. The molecule has 3 rings (SSSR count). The molecule has 7 nitrogen and oxygen atoms in total. The lowest BCUT2D eigenvalue weighted by Gasteiger charge is -2.26. The van der Waals surface area contributed by atoms with Crippen LogP contribution >= 0.6 is 0 Å². The van der Waals surface area contributed by atoms with Gasteiger partial charge in [0.1, 0.15) is 18.0 Å². The Balaban J connectivity index is 1.96. The molecule has 3 aromatic rings. The molecule has 0 aliphatic rings. The summed E-state index contributed by atoms with van der Waals surface area (Å²) >= 11 is 0. The van der Waals surface area contributed by atoms with Gasteiger partial charge in [0.05, 0.1) is 24.8 Å². The first-order valence-corrected chi connectivity index (χ1v) is 11.4. The number of anilines is 1. The monoisotopic (exact) mass is 454 g/mol. The van der Waals surface area contributed by atoms with Gasteiger partial charge < -0.3 is 14.8 Å². The van der Waals surface area contributed by atoms with Crippen LogP contribution in [0.1, 0.15) is 11.1 Å². The molecule has 0 fully saturated rings. The van der Waals surface area contributed by atoms with Crippen molar-refractivity contribution in [2.45, 2.75) is 18.4 Å². The second-order valence-corrected chi connectivity index (χ2v) is 8.99. The Bertz CT molecular complexity index is 1160. The molecular formula is C24H26N2O5S. The van der Waals surface area contributed by atoms with Crippen molar-refractivity contribution in [3.63, 3.8) is 0 Å². The highest BCUT2D eigenvalue weighted by Crippen LogP contribution is 2.35. The smallest absolute Gasteiger partial charge is 0.264 e. The largest absolute Gasteiger partial charge is 0.497 e. The third kappa shape index (κ3) is 5.39. The predicted octanol–water partition coefficient (Wildman–Crippen LogP) is 3.52. The standard InChI is InChI=1S/C24H26N2O5S/c1-18-9-12-21(13-10-18)32(28,29)26(22-14-11-20(30-2)15-23(22)31-3)17-24(27)25-16-19-7-5-4-6-8-19/h4-15H,16-17H2,1-3H3,(H,25,27). The number of carbonyl (C=O) groups is 1. The van der Waals surface area contributed by atoms with Crippen LogP contribution in [0.3, 0.4) is 0 Å². The van der Waals surface area contributed by atoms with Crippen LogP contribution in [0.25, 0.3) is 0 Å². The minimum atomic E-state index is -4.05. The molecule has 0 bridgehead atoms. The van der Waals surface area contributed by atoms with Gasteiger partial charge in [-0.15, -0.1) is 0 Å². The number of methoxy groups -OCH3 is 2. The van der Waals surface area contributed by atoms with Crippen molar-refractivity contribution in [2.24, 2.45) is 0 Å². The highest BCUT2D eigenvalue weighted by Gasteiger charge is 2.29. The van der Waals surface area contributed by atoms with Crippen molar-refractivity contribution in [2.75, 3.05) is 25.1 Å². The van der Waals surface area contributed by atoms with E-state index in [-0.39, 0.29) is 22.9 Å². The summed E-state index contributed by atoms with van der Waals surface area (Å²) in [7, 11) is -1.11. The van der Waals surface area contributed by atoms with Gasteiger partial charge in [0, 0.05) is 12.6 Å². The fourth-order valence-electron chi connectivity index (χ4n) is 3.11. The van der Waals surface area contributed by atoms with Gasteiger partial charge in [-0.05, 0) is 36.8 Å². The molecule has 0 aliphatic heterocycles. The van der Waals surface area contributed by atoms with Crippen molar-refractivity contribution in [1.82, 2.24) is 5.32 Å². The first-order chi connectivity index (χ1) is 15.3. The van der Waals surface area contributed by atoms with Crippen LogP contribution in [0.5, 0.6) is 11.5 Å². The lowest BCUT2D eigenvalue weighted by molar-refractivity contribution is -0.119. The molecule has 0 aromatic heterocycles. The summed E-state index contributed by atoms with van der Waals surface area (Å²) in [5.41, 5.74) is 2.08. The van der Waals surface area contributed by atoms with Gasteiger partial charge >= 0.3 is 0 Å². The average molecular weight is 455 g/mol. The summed E-state index contributed by atoms with van der Waals surface area (Å²) < 4.78 is 38.8. The highest BCUT2D eigenvalue weighted by atomic mass is 32.2. The molecule has 0 saturated heterocycles. The van der Waals surface area contributed by atoms with Gasteiger partial charge in [-0.25, -0.2) is 8.42 Å². The number of benzene rings is 3. The first kappa shape index (κ1) is 23.1. The maximum absolute atomic E-state index is 13.5. The number of ether oxygens (including phenoxy) is 2. The fourth-order valence-corrected chi connectivity index (χ4v) is 4.54. The molecule has 32 heavy (non-hydrogen) atoms. The molecule has 0 atom stereocenters. The number of sulfonamides is 1. The summed E-state index contributed by atoms with van der Waals surface area (Å²) in [6, 6.07) is 20.6. The molecule has 0 radical (unpaired) electrons. The molecule has 1 amide bonds. The zero-order chi connectivity index (χ0) is 23.1. The molecule has 0 spiro atoms. The third-order valence-electron chi connectivity index (χ3n) is 4.88. The van der Waals surface area contributed by atoms with Crippen LogP contribution in [-0.2, 0) is 21.4 Å². The van der Waals surface area contributed by atoms with E-state index in [1.807, 2.05) is 37.3 Å². The summed E-state index contributed by atoms with van der Waals surface area (Å²) in [4.78, 5) is 12.9. The molecule has 0 unspecified atom stereocenters. The van der Waals surface area contributed by atoms with Gasteiger partial charge in [0.2, 0.25) is 5.91 Å². The van der Waals surface area contributed by atoms with E-state index < -0.39 is 22.5 Å². The van der Waals surface area contributed by atoms with E-state index in [1.165, 1.54) is 26.4 Å². The van der Waals surface area contributed by atoms with Crippen molar-refractivity contribution < 1.29 is 22.7 Å². The Morgan fingerprint density at radius 1 is 0.938 bits per heavy atom. The quantitative estimate of drug-likeness (QED) is 0.535. The SMILES string of the molecule is COc1ccc(N(CC(=O)NCc2ccccc2)S(=O)(=O)c2ccc(C)cc2)c(OC)c1. The van der Waals surface area contributed by atoms with E-state index in [4.69, 9.17) is 9.47 Å². The van der Waals surface area contributed by atoms with E-state index in [9.17, 15) is 13.2 Å². The second kappa shape index (κ2) is 10.2. The van der Waals surface area contributed by atoms with Crippen LogP contribution < -0.4 is 19.1 Å². The van der Waals surface area contributed by atoms with Gasteiger partial charge in [0.25, 0.3) is 10.0 Å². The maximum atomic E-state index is 13.5. The average Bonchev–Trinajstić information content (AvgIpc) is 2.81. The Hall–Kier alpha value is -3.52. The Labute approximate surface area is 188 Å². The third-order valence-corrected chi connectivity index (χ3v) is 6.66. The second-order valence-electron chi connectivity index (χ2n) is 7.12. The van der Waals surface area contributed by atoms with Crippen LogP contribution in [-0.4, -0.2) is 35.1 Å². The minimum absolute atomic E-state index is 0.0804. The molecule has 0 aliphatic carbocycles. The van der Waals surface area contributed by atoms with E-state index in [0.717, 1.165) is 15.4 Å². The Morgan fingerprint density at radius 2 is 1.62 bits per heavy atom. The van der Waals surface area contributed by atoms with E-state index >= 15 is 0 Å². The highest BCUT2D eigenvalue weighted by molar-refractivity contribution is 7.92. The zero-order valence-electron chi connectivity index (χ0n) is 18.2. The molecule has 1 N–H and O–H groups in total. The summed E-state index contributed by atoms with van der Waals surface area (Å²) in [5, 5.41) is 2.78. The van der Waals surface area contributed by atoms with Crippen molar-refractivity contribution in [1.29, 1.82) is 0 Å². The summed E-state index contributed by atoms with van der Waals surface area (Å²) in [6.45, 7) is 1.75. The summed E-state index contributed by atoms with van der Waals surface area (Å²) in [6.07, 6.45) is 0. The number of carbonyl (C=O) groups excluding carboxylic acids is 1. The molecule has 8 heteroatoms. The van der Waals surface area contributed by atoms with E-state index in [2.05, 4.69) is 5.32 Å². The number of amides is 1. The fraction of sp³-hybridized carbons (Fsp3) is 0.208. The van der Waals surface area contributed by atoms with Gasteiger partial charge in [-0.3, -0.25) is 9.10 Å². The van der Waals surface area contributed by atoms with Crippen molar-refractivity contribution >= 4 is 21.6 Å². The lowest BCUT2D eigenvalue weighted by Crippen LogP contribution is -2.40. The van der Waals surface area contributed by atoms with E-state index in [1.54, 1.807) is 30.3 Å². The summed E-state index contributed by atoms with van der Waals surface area (Å²) in [5.74, 6) is 0.338. The van der Waals surface area contributed by atoms with Crippen LogP contribution in [0.15, 0.2) is 77.7 Å². The van der Waals surface area contributed by atoms with Crippen LogP contribution in [0.2, 0.25) is 0 Å². The first-order valence-electron chi connectivity index (χ1n) is 9.97. The predicted molar refractivity (Wildman–Crippen MR) is 124 cm³/mol. The Kier molecular flexibility index (Phi) is 7.37. The maximum Gasteiger partial charge on any atom is 0.264 e. The van der Waals surface area contributed by atoms with Gasteiger partial charge in [0.15, 0.2) is 0 Å². The number of hydrogen-bond donors (Lipinski definition) is 1. The normalized spacial score (nSPS) is 11.0. The van der Waals surface area contributed by atoms with Gasteiger partial charge in [-0.1, -0.05) is 48.0 Å². The Morgan fingerprint density at radius 3 is 2.25 bits per heavy atom. The lowest BCUT2D eigenvalue weighted by atomic mass is 10.2. The molecular weight excluding hydrogens is 428 g/mol. The van der Waals surface area contributed by atoms with Gasteiger partial charge in [-0.2, -0.15) is 0 Å². The number of rotatable bonds is 9. The number of aryl methyl sites for hydroxylation is 1. The topological polar surface area (TPSA) is 84.9 Å². The molecule has 3 aromatic carbocycles. The molecule has 0 saturated carbocycles. The number of nitrogens with one attached hydrogen (secondary N) is 1. The van der Waals surface area contributed by atoms with Crippen molar-refractivity contribution in [3.8, 4) is 11.5 Å².